The molecule has 0 aliphatic heterocycles. The first-order valence-electron chi connectivity index (χ1n) is 0.948. The van der Waals surface area contributed by atoms with Crippen molar-refractivity contribution in [1.29, 1.82) is 0 Å². The smallest absolute Gasteiger partial charge is 0.161 e. The van der Waals surface area contributed by atoms with E-state index >= 15 is 0 Å². The van der Waals surface area contributed by atoms with Gasteiger partial charge in [-0.3, -0.25) is 0 Å². The van der Waals surface area contributed by atoms with Crippen LogP contribution in [0.2, 0.25) is 0 Å². The molecule has 0 aliphatic carbocycles. The normalized spacial score (nSPS) is 6.40. The Kier molecular flexibility index (Phi) is 1.21. The Morgan fingerprint density at radius 3 is 2.20 bits per heavy atom. The van der Waals surface area contributed by atoms with Gasteiger partial charge in [-0.2, -0.15) is 0 Å². The monoisotopic (exact) mass is 72.0 g/mol. The SMILES string of the molecule is C=NC(=O)[O-]. The van der Waals surface area contributed by atoms with Gasteiger partial charge >= 0.3 is 0 Å². The summed E-state index contributed by atoms with van der Waals surface area (Å²) in [6.07, 6.45) is -1.48. The van der Waals surface area contributed by atoms with Gasteiger partial charge in [-0.15, -0.1) is 0 Å². The zero-order valence-corrected chi connectivity index (χ0v) is 2.47. The number of hydrogen-bond acceptors (Lipinski definition) is 2. The summed E-state index contributed by atoms with van der Waals surface area (Å²) in [5.74, 6) is 0. The van der Waals surface area contributed by atoms with Gasteiger partial charge < -0.3 is 9.90 Å². The topological polar surface area (TPSA) is 52.5 Å². The molecule has 0 saturated carbocycles. The fourth-order valence-electron chi connectivity index (χ4n) is 0. The fraction of sp³-hybridized carbons (Fsp3) is 0. The van der Waals surface area contributed by atoms with Crippen LogP contribution in [-0.4, -0.2) is 12.8 Å². The van der Waals surface area contributed by atoms with E-state index in [1.165, 1.54) is 0 Å². The second-order valence-electron chi connectivity index (χ2n) is 0.424. The summed E-state index contributed by atoms with van der Waals surface area (Å²) in [6, 6.07) is 0. The molecule has 28 valence electrons. The zero-order chi connectivity index (χ0) is 4.28. The average Bonchev–Trinajstić information content (AvgIpc) is 1.38. The molecule has 0 bridgehead atoms. The second kappa shape index (κ2) is 1.46. The standard InChI is InChI=1S/C2H3NO2/c1-3-2(4)5/h1H2,(H,4,5)/p-1. The molecule has 0 heterocycles. The average molecular weight is 72.0 g/mol. The van der Waals surface area contributed by atoms with Crippen molar-refractivity contribution in [1.82, 2.24) is 0 Å². The van der Waals surface area contributed by atoms with Gasteiger partial charge in [0.25, 0.3) is 0 Å². The van der Waals surface area contributed by atoms with Gasteiger partial charge in [-0.05, 0) is 6.72 Å². The Bertz CT molecular complexity index is 58.7. The van der Waals surface area contributed by atoms with Gasteiger partial charge in [-0.1, -0.05) is 0 Å². The van der Waals surface area contributed by atoms with E-state index < -0.39 is 6.09 Å². The highest BCUT2D eigenvalue weighted by Gasteiger charge is 1.56. The summed E-state index contributed by atoms with van der Waals surface area (Å²) in [6.45, 7) is 2.65. The number of amides is 1. The van der Waals surface area contributed by atoms with E-state index in [4.69, 9.17) is 9.90 Å². The first-order valence-corrected chi connectivity index (χ1v) is 0.948. The third kappa shape index (κ3) is 3.14. The number of hydrogen-bond donors (Lipinski definition) is 0. The third-order valence-corrected chi connectivity index (χ3v) is 0.129. The van der Waals surface area contributed by atoms with Crippen LogP contribution in [0.5, 0.6) is 0 Å². The van der Waals surface area contributed by atoms with Gasteiger partial charge in [0, 0.05) is 0 Å². The minimum Gasteiger partial charge on any atom is -0.528 e. The van der Waals surface area contributed by atoms with Crippen LogP contribution in [0, 0.1) is 0 Å². The molecule has 0 spiro atoms. The van der Waals surface area contributed by atoms with Gasteiger partial charge in [0.05, 0.1) is 0 Å². The molecule has 0 fully saturated rings. The summed E-state index contributed by atoms with van der Waals surface area (Å²) in [5, 5.41) is 9.03. The van der Waals surface area contributed by atoms with Crippen molar-refractivity contribution in [2.45, 2.75) is 0 Å². The molecule has 0 aromatic rings. The highest BCUT2D eigenvalue weighted by molar-refractivity contribution is 5.68. The lowest BCUT2D eigenvalue weighted by atomic mass is 11.2. The summed E-state index contributed by atoms with van der Waals surface area (Å²) < 4.78 is 0. The fourth-order valence-corrected chi connectivity index (χ4v) is 0. The molecule has 0 unspecified atom stereocenters. The van der Waals surface area contributed by atoms with Gasteiger partial charge in [0.15, 0.2) is 6.09 Å². The lowest BCUT2D eigenvalue weighted by Crippen LogP contribution is -2.15. The minimum atomic E-state index is -1.48. The molecule has 3 heteroatoms. The Hall–Kier alpha value is -0.860. The lowest BCUT2D eigenvalue weighted by molar-refractivity contribution is -0.245. The van der Waals surface area contributed by atoms with Crippen molar-refractivity contribution in [2.75, 3.05) is 0 Å². The number of carbonyl (C=O) groups excluding carboxylic acids is 1. The highest BCUT2D eigenvalue weighted by atomic mass is 16.4. The number of rotatable bonds is 0. The predicted octanol–water partition coefficient (Wildman–Crippen LogP) is -0.970. The molecule has 0 atom stereocenters. The molecule has 5 heavy (non-hydrogen) atoms. The van der Waals surface area contributed by atoms with Crippen molar-refractivity contribution in [3.05, 3.63) is 0 Å². The van der Waals surface area contributed by atoms with Crippen molar-refractivity contribution < 1.29 is 9.90 Å². The molecular weight excluding hydrogens is 70.0 g/mol. The van der Waals surface area contributed by atoms with Crippen molar-refractivity contribution >= 4 is 12.8 Å². The molecule has 1 amide bonds. The Morgan fingerprint density at radius 1 is 2.00 bits per heavy atom. The third-order valence-electron chi connectivity index (χ3n) is 0.129. The van der Waals surface area contributed by atoms with Crippen molar-refractivity contribution in [3.8, 4) is 0 Å². The Labute approximate surface area is 29.0 Å². The van der Waals surface area contributed by atoms with Crippen LogP contribution in [0.15, 0.2) is 4.99 Å². The molecule has 0 aliphatic rings. The summed E-state index contributed by atoms with van der Waals surface area (Å²) in [7, 11) is 0. The Balaban J connectivity index is 3.20. The molecule has 3 nitrogen and oxygen atoms in total. The summed E-state index contributed by atoms with van der Waals surface area (Å²) >= 11 is 0. The highest BCUT2D eigenvalue weighted by Crippen LogP contribution is 1.51. The number of nitrogens with zero attached hydrogens (tertiary/aromatic N) is 1. The summed E-state index contributed by atoms with van der Waals surface area (Å²) in [5.41, 5.74) is 0. The van der Waals surface area contributed by atoms with Crippen LogP contribution in [0.1, 0.15) is 0 Å². The minimum absolute atomic E-state index is 1.48. The van der Waals surface area contributed by atoms with Gasteiger partial charge in [0.1, 0.15) is 0 Å². The zero-order valence-electron chi connectivity index (χ0n) is 2.47. The summed E-state index contributed by atoms with van der Waals surface area (Å²) in [4.78, 5) is 11.5. The molecule has 0 aromatic heterocycles. The van der Waals surface area contributed by atoms with Crippen LogP contribution < -0.4 is 5.11 Å². The van der Waals surface area contributed by atoms with E-state index in [2.05, 4.69) is 11.7 Å². The largest absolute Gasteiger partial charge is 0.528 e. The van der Waals surface area contributed by atoms with Crippen LogP contribution in [0.25, 0.3) is 0 Å². The van der Waals surface area contributed by atoms with Gasteiger partial charge in [-0.25, -0.2) is 4.99 Å². The van der Waals surface area contributed by atoms with E-state index in [9.17, 15) is 0 Å². The maximum absolute atomic E-state index is 9.03. The molecule has 0 saturated heterocycles. The van der Waals surface area contributed by atoms with Crippen molar-refractivity contribution in [2.24, 2.45) is 4.99 Å². The van der Waals surface area contributed by atoms with E-state index in [0.29, 0.717) is 0 Å². The van der Waals surface area contributed by atoms with E-state index in [1.807, 2.05) is 0 Å². The first kappa shape index (κ1) is 4.14. The van der Waals surface area contributed by atoms with Gasteiger partial charge in [0.2, 0.25) is 0 Å². The van der Waals surface area contributed by atoms with E-state index in [0.717, 1.165) is 0 Å². The van der Waals surface area contributed by atoms with Crippen molar-refractivity contribution in [3.63, 3.8) is 0 Å². The van der Waals surface area contributed by atoms with E-state index in [-0.39, 0.29) is 0 Å². The number of aliphatic imine (C=N–C) groups is 1. The molecule has 0 aromatic carbocycles. The quantitative estimate of drug-likeness (QED) is 0.346. The molecular formula is C2H2NO2-. The van der Waals surface area contributed by atoms with Crippen LogP contribution >= 0.6 is 0 Å². The van der Waals surface area contributed by atoms with E-state index in [1.54, 1.807) is 0 Å². The maximum atomic E-state index is 9.03. The molecule has 0 radical (unpaired) electrons. The van der Waals surface area contributed by atoms with Crippen LogP contribution in [0.3, 0.4) is 0 Å². The number of carboxylic acid groups (broad SMARTS) is 1. The predicted molar refractivity (Wildman–Crippen MR) is 14.9 cm³/mol. The lowest BCUT2D eigenvalue weighted by Gasteiger charge is -1.80. The Morgan fingerprint density at radius 2 is 2.20 bits per heavy atom. The number of carbonyl (C=O) groups is 1. The molecule has 0 N–H and O–H groups in total. The molecule has 0 rings (SSSR count). The maximum Gasteiger partial charge on any atom is 0.161 e. The first-order chi connectivity index (χ1) is 2.27. The van der Waals surface area contributed by atoms with Crippen LogP contribution in [0.4, 0.5) is 4.79 Å². The van der Waals surface area contributed by atoms with Crippen LogP contribution in [-0.2, 0) is 0 Å². The second-order valence-corrected chi connectivity index (χ2v) is 0.424.